The highest BCUT2D eigenvalue weighted by Crippen LogP contribution is 2.20. The Morgan fingerprint density at radius 1 is 1.44 bits per heavy atom. The number of aliphatic hydroxyl groups is 1. The van der Waals surface area contributed by atoms with Crippen molar-refractivity contribution in [3.8, 4) is 0 Å². The number of aliphatic hydroxyl groups excluding tert-OH is 1. The number of nitrogen functional groups attached to an aromatic ring is 1. The quantitative estimate of drug-likeness (QED) is 0.421. The minimum absolute atomic E-state index is 0.143. The first-order valence-electron chi connectivity index (χ1n) is 5.31. The molecule has 6 heteroatoms. The van der Waals surface area contributed by atoms with Gasteiger partial charge in [-0.25, -0.2) is 15.8 Å². The molecule has 0 bridgehead atoms. The highest BCUT2D eigenvalue weighted by molar-refractivity contribution is 5.47. The fraction of sp³-hybridized carbons (Fsp3) is 0.600. The molecule has 0 radical (unpaired) electrons. The Morgan fingerprint density at radius 3 is 2.69 bits per heavy atom. The first kappa shape index (κ1) is 12.7. The van der Waals surface area contributed by atoms with Crippen LogP contribution in [0.4, 0.5) is 11.6 Å². The SMILES string of the molecule is CCC(C)(CCO)Nc1cc(NN)ncn1. The molecule has 0 saturated carbocycles. The first-order chi connectivity index (χ1) is 7.63. The van der Waals surface area contributed by atoms with Gasteiger partial charge in [-0.3, -0.25) is 0 Å². The monoisotopic (exact) mass is 225 g/mol. The molecule has 0 aliphatic rings. The van der Waals surface area contributed by atoms with Gasteiger partial charge in [-0.2, -0.15) is 0 Å². The van der Waals surface area contributed by atoms with Gasteiger partial charge in [-0.15, -0.1) is 0 Å². The first-order valence-corrected chi connectivity index (χ1v) is 5.31. The lowest BCUT2D eigenvalue weighted by Crippen LogP contribution is -2.35. The summed E-state index contributed by atoms with van der Waals surface area (Å²) in [6, 6.07) is 1.73. The van der Waals surface area contributed by atoms with E-state index in [0.29, 0.717) is 18.1 Å². The third-order valence-electron chi connectivity index (χ3n) is 2.69. The molecule has 1 atom stereocenters. The van der Waals surface area contributed by atoms with Crippen LogP contribution in [0.5, 0.6) is 0 Å². The summed E-state index contributed by atoms with van der Waals surface area (Å²) < 4.78 is 0. The summed E-state index contributed by atoms with van der Waals surface area (Å²) in [5, 5.41) is 12.3. The Morgan fingerprint density at radius 2 is 2.12 bits per heavy atom. The van der Waals surface area contributed by atoms with E-state index in [0.717, 1.165) is 6.42 Å². The smallest absolute Gasteiger partial charge is 0.145 e. The van der Waals surface area contributed by atoms with Crippen molar-refractivity contribution >= 4 is 11.6 Å². The van der Waals surface area contributed by atoms with Gasteiger partial charge in [0.1, 0.15) is 18.0 Å². The predicted octanol–water partition coefficient (Wildman–Crippen LogP) is 0.725. The van der Waals surface area contributed by atoms with Crippen LogP contribution < -0.4 is 16.6 Å². The molecule has 0 fully saturated rings. The average Bonchev–Trinajstić information content (AvgIpc) is 2.29. The second-order valence-electron chi connectivity index (χ2n) is 3.95. The van der Waals surface area contributed by atoms with E-state index in [4.69, 9.17) is 10.9 Å². The maximum Gasteiger partial charge on any atom is 0.145 e. The molecule has 1 aromatic rings. The lowest BCUT2D eigenvalue weighted by molar-refractivity contribution is 0.252. The molecule has 1 unspecified atom stereocenters. The molecule has 1 rings (SSSR count). The number of nitrogens with two attached hydrogens (primary N) is 1. The maximum absolute atomic E-state index is 9.01. The highest BCUT2D eigenvalue weighted by atomic mass is 16.3. The molecule has 6 nitrogen and oxygen atoms in total. The fourth-order valence-electron chi connectivity index (χ4n) is 1.39. The topological polar surface area (TPSA) is 96.1 Å². The number of hydrogen-bond donors (Lipinski definition) is 4. The van der Waals surface area contributed by atoms with E-state index in [9.17, 15) is 0 Å². The molecule has 0 aliphatic carbocycles. The Balaban J connectivity index is 2.77. The van der Waals surface area contributed by atoms with Gasteiger partial charge in [0, 0.05) is 18.2 Å². The van der Waals surface area contributed by atoms with Crippen molar-refractivity contribution in [2.75, 3.05) is 17.3 Å². The summed E-state index contributed by atoms with van der Waals surface area (Å²) >= 11 is 0. The molecule has 5 N–H and O–H groups in total. The van der Waals surface area contributed by atoms with Crippen LogP contribution >= 0.6 is 0 Å². The van der Waals surface area contributed by atoms with Crippen LogP contribution in [0, 0.1) is 0 Å². The number of nitrogens with zero attached hydrogens (tertiary/aromatic N) is 2. The van der Waals surface area contributed by atoms with Crippen molar-refractivity contribution in [2.45, 2.75) is 32.2 Å². The van der Waals surface area contributed by atoms with Gasteiger partial charge in [0.05, 0.1) is 0 Å². The van der Waals surface area contributed by atoms with Gasteiger partial charge in [0.15, 0.2) is 0 Å². The lowest BCUT2D eigenvalue weighted by Gasteiger charge is -2.29. The second-order valence-corrected chi connectivity index (χ2v) is 3.95. The Hall–Kier alpha value is -1.40. The molecule has 0 aliphatic heterocycles. The van der Waals surface area contributed by atoms with Crippen molar-refractivity contribution in [1.29, 1.82) is 0 Å². The molecular formula is C10H19N5O. The van der Waals surface area contributed by atoms with Gasteiger partial charge < -0.3 is 15.8 Å². The summed E-state index contributed by atoms with van der Waals surface area (Å²) in [5.41, 5.74) is 2.29. The standard InChI is InChI=1S/C10H19N5O/c1-3-10(2,4-5-16)14-8-6-9(15-11)13-7-12-8/h6-7,16H,3-5,11H2,1-2H3,(H2,12,13,14,15). The second kappa shape index (κ2) is 5.62. The third-order valence-corrected chi connectivity index (χ3v) is 2.69. The fourth-order valence-corrected chi connectivity index (χ4v) is 1.39. The van der Waals surface area contributed by atoms with E-state index in [1.165, 1.54) is 6.33 Å². The van der Waals surface area contributed by atoms with Crippen molar-refractivity contribution in [3.05, 3.63) is 12.4 Å². The molecule has 0 saturated heterocycles. The Kier molecular flexibility index (Phi) is 4.45. The summed E-state index contributed by atoms with van der Waals surface area (Å²) in [6.45, 7) is 4.25. The molecular weight excluding hydrogens is 206 g/mol. The normalized spacial score (nSPS) is 14.2. The van der Waals surface area contributed by atoms with Crippen molar-refractivity contribution in [1.82, 2.24) is 9.97 Å². The van der Waals surface area contributed by atoms with Gasteiger partial charge >= 0.3 is 0 Å². The minimum atomic E-state index is -0.172. The summed E-state index contributed by atoms with van der Waals surface area (Å²) in [5.74, 6) is 6.52. The van der Waals surface area contributed by atoms with E-state index in [2.05, 4.69) is 27.6 Å². The van der Waals surface area contributed by atoms with Crippen LogP contribution in [0.25, 0.3) is 0 Å². The zero-order valence-electron chi connectivity index (χ0n) is 9.70. The summed E-state index contributed by atoms with van der Waals surface area (Å²) in [4.78, 5) is 8.03. The molecule has 0 amide bonds. The summed E-state index contributed by atoms with van der Waals surface area (Å²) in [6.07, 6.45) is 2.99. The lowest BCUT2D eigenvalue weighted by atomic mass is 9.95. The number of aromatic nitrogens is 2. The molecule has 0 aromatic carbocycles. The largest absolute Gasteiger partial charge is 0.396 e. The minimum Gasteiger partial charge on any atom is -0.396 e. The van der Waals surface area contributed by atoms with Crippen LogP contribution in [-0.4, -0.2) is 27.2 Å². The molecule has 0 spiro atoms. The van der Waals surface area contributed by atoms with Crippen LogP contribution in [0.3, 0.4) is 0 Å². The molecule has 16 heavy (non-hydrogen) atoms. The van der Waals surface area contributed by atoms with Crippen LogP contribution in [0.2, 0.25) is 0 Å². The van der Waals surface area contributed by atoms with Crippen LogP contribution in [0.15, 0.2) is 12.4 Å². The van der Waals surface area contributed by atoms with E-state index >= 15 is 0 Å². The van der Waals surface area contributed by atoms with Gasteiger partial charge in [0.25, 0.3) is 0 Å². The number of hydrazine groups is 1. The van der Waals surface area contributed by atoms with E-state index in [-0.39, 0.29) is 12.1 Å². The Labute approximate surface area is 95.3 Å². The third kappa shape index (κ3) is 3.32. The number of anilines is 2. The highest BCUT2D eigenvalue weighted by Gasteiger charge is 2.21. The van der Waals surface area contributed by atoms with Gasteiger partial charge in [-0.05, 0) is 19.8 Å². The molecule has 1 heterocycles. The van der Waals surface area contributed by atoms with Crippen molar-refractivity contribution in [2.24, 2.45) is 5.84 Å². The average molecular weight is 225 g/mol. The van der Waals surface area contributed by atoms with Crippen LogP contribution in [-0.2, 0) is 0 Å². The number of hydrogen-bond acceptors (Lipinski definition) is 6. The van der Waals surface area contributed by atoms with Gasteiger partial charge in [0.2, 0.25) is 0 Å². The Bertz CT molecular complexity index is 333. The predicted molar refractivity (Wildman–Crippen MR) is 63.9 cm³/mol. The van der Waals surface area contributed by atoms with Gasteiger partial charge in [-0.1, -0.05) is 6.92 Å². The van der Waals surface area contributed by atoms with Crippen molar-refractivity contribution < 1.29 is 5.11 Å². The van der Waals surface area contributed by atoms with E-state index < -0.39 is 0 Å². The number of nitrogens with one attached hydrogen (secondary N) is 2. The zero-order chi connectivity index (χ0) is 12.0. The maximum atomic E-state index is 9.01. The van der Waals surface area contributed by atoms with E-state index in [1.54, 1.807) is 6.07 Å². The van der Waals surface area contributed by atoms with Crippen LogP contribution in [0.1, 0.15) is 26.7 Å². The van der Waals surface area contributed by atoms with E-state index in [1.807, 2.05) is 6.92 Å². The molecule has 90 valence electrons. The zero-order valence-corrected chi connectivity index (χ0v) is 9.70. The summed E-state index contributed by atoms with van der Waals surface area (Å²) in [7, 11) is 0. The number of rotatable bonds is 6. The van der Waals surface area contributed by atoms with Crippen molar-refractivity contribution in [3.63, 3.8) is 0 Å². The molecule has 1 aromatic heterocycles.